The molecule has 182 valence electrons. The number of hydrogen-bond acceptors (Lipinski definition) is 3. The van der Waals surface area contributed by atoms with Crippen molar-refractivity contribution in [1.82, 2.24) is 0 Å². The second-order valence-corrected chi connectivity index (χ2v) is 11.0. The fourth-order valence-electron chi connectivity index (χ4n) is 4.47. The van der Waals surface area contributed by atoms with Gasteiger partial charge >= 0.3 is 0 Å². The molecule has 1 aliphatic heterocycles. The number of anilines is 1. The lowest BCUT2D eigenvalue weighted by Gasteiger charge is -2.37. The minimum Gasteiger partial charge on any atom is -0.368 e. The molecule has 5 rings (SSSR count). The summed E-state index contributed by atoms with van der Waals surface area (Å²) in [5.41, 5.74) is 6.36. The van der Waals surface area contributed by atoms with Crippen LogP contribution in [0.2, 0.25) is 0 Å². The van der Waals surface area contributed by atoms with Crippen molar-refractivity contribution < 1.29 is 13.2 Å². The number of benzene rings is 4. The highest BCUT2D eigenvalue weighted by Crippen LogP contribution is 2.44. The fourth-order valence-corrected chi connectivity index (χ4v) is 6.03. The van der Waals surface area contributed by atoms with E-state index in [1.54, 1.807) is 12.1 Å². The number of rotatable bonds is 6. The molecular weight excluding hydrogens is 466 g/mol. The van der Waals surface area contributed by atoms with Crippen molar-refractivity contribution in [3.8, 4) is 0 Å². The highest BCUT2D eigenvalue weighted by Gasteiger charge is 2.37. The van der Waals surface area contributed by atoms with Crippen molar-refractivity contribution in [2.45, 2.75) is 37.9 Å². The number of hydrogen-bond donors (Lipinski definition) is 0. The Balaban J connectivity index is 1.61. The summed E-state index contributed by atoms with van der Waals surface area (Å²) in [6.45, 7) is 4.43. The molecule has 0 saturated carbocycles. The number of sulfonamides is 1. The summed E-state index contributed by atoms with van der Waals surface area (Å²) in [7, 11) is -3.85. The first kappa shape index (κ1) is 24.0. The van der Waals surface area contributed by atoms with Gasteiger partial charge in [-0.05, 0) is 49.2 Å². The van der Waals surface area contributed by atoms with Crippen LogP contribution in [0.3, 0.4) is 0 Å². The molecule has 4 nitrogen and oxygen atoms in total. The number of ether oxygens (including phenoxy) is 1. The van der Waals surface area contributed by atoms with E-state index in [0.717, 1.165) is 27.8 Å². The zero-order chi connectivity index (χ0) is 25.1. The van der Waals surface area contributed by atoms with Gasteiger partial charge in [-0.15, -0.1) is 0 Å². The molecule has 5 heteroatoms. The van der Waals surface area contributed by atoms with Crippen LogP contribution < -0.4 is 4.31 Å². The first-order valence-corrected chi connectivity index (χ1v) is 13.5. The Hall–Kier alpha value is -3.67. The molecule has 0 radical (unpaired) electrons. The van der Waals surface area contributed by atoms with Crippen LogP contribution in [0, 0.1) is 13.8 Å². The number of aryl methyl sites for hydroxylation is 2. The summed E-state index contributed by atoms with van der Waals surface area (Å²) in [6.07, 6.45) is 2.12. The molecule has 4 aromatic rings. The lowest BCUT2D eigenvalue weighted by molar-refractivity contribution is 0.0385. The van der Waals surface area contributed by atoms with Crippen molar-refractivity contribution in [2.24, 2.45) is 0 Å². The average molecular weight is 496 g/mol. The van der Waals surface area contributed by atoms with Crippen molar-refractivity contribution >= 4 is 21.8 Å². The van der Waals surface area contributed by atoms with Gasteiger partial charge < -0.3 is 4.74 Å². The third kappa shape index (κ3) is 4.99. The summed E-state index contributed by atoms with van der Waals surface area (Å²) in [6, 6.07) is 32.8. The Morgan fingerprint density at radius 1 is 0.806 bits per heavy atom. The minimum atomic E-state index is -3.85. The largest absolute Gasteiger partial charge is 0.368 e. The quantitative estimate of drug-likeness (QED) is 0.284. The molecule has 0 fully saturated rings. The van der Waals surface area contributed by atoms with Gasteiger partial charge in [-0.3, -0.25) is 0 Å². The molecule has 0 spiro atoms. The van der Waals surface area contributed by atoms with Crippen LogP contribution in [0.5, 0.6) is 0 Å². The maximum Gasteiger partial charge on any atom is 0.268 e. The van der Waals surface area contributed by atoms with Gasteiger partial charge in [0.25, 0.3) is 10.0 Å². The molecule has 1 unspecified atom stereocenters. The van der Waals surface area contributed by atoms with Gasteiger partial charge in [0.1, 0.15) is 0 Å². The van der Waals surface area contributed by atoms with Gasteiger partial charge in [0.2, 0.25) is 0 Å². The van der Waals surface area contributed by atoms with E-state index >= 15 is 0 Å². The summed E-state index contributed by atoms with van der Waals surface area (Å²) in [4.78, 5) is 0.265. The van der Waals surface area contributed by atoms with E-state index in [0.29, 0.717) is 24.4 Å². The maximum absolute atomic E-state index is 14.0. The predicted octanol–water partition coefficient (Wildman–Crippen LogP) is 7.20. The van der Waals surface area contributed by atoms with Crippen LogP contribution in [-0.2, 0) is 21.4 Å². The molecule has 0 bridgehead atoms. The number of nitrogens with zero attached hydrogens (tertiary/aromatic N) is 1. The van der Waals surface area contributed by atoms with Gasteiger partial charge in [-0.2, -0.15) is 0 Å². The lowest BCUT2D eigenvalue weighted by atomic mass is 9.96. The molecule has 36 heavy (non-hydrogen) atoms. The van der Waals surface area contributed by atoms with Crippen molar-refractivity contribution in [2.75, 3.05) is 4.31 Å². The second kappa shape index (κ2) is 10.1. The second-order valence-electron chi connectivity index (χ2n) is 9.18. The van der Waals surface area contributed by atoms with Crippen LogP contribution in [0.15, 0.2) is 114 Å². The Morgan fingerprint density at radius 3 is 2.11 bits per heavy atom. The van der Waals surface area contributed by atoms with Crippen molar-refractivity contribution in [3.63, 3.8) is 0 Å². The van der Waals surface area contributed by atoms with E-state index in [1.807, 2.05) is 111 Å². The van der Waals surface area contributed by atoms with E-state index in [2.05, 4.69) is 0 Å². The van der Waals surface area contributed by atoms with Crippen LogP contribution in [-0.4, -0.2) is 8.42 Å². The van der Waals surface area contributed by atoms with Crippen LogP contribution in [0.25, 0.3) is 6.08 Å². The van der Waals surface area contributed by atoms with Crippen molar-refractivity contribution in [1.29, 1.82) is 0 Å². The average Bonchev–Trinajstić information content (AvgIpc) is 2.89. The van der Waals surface area contributed by atoms with Crippen molar-refractivity contribution in [3.05, 3.63) is 137 Å². The van der Waals surface area contributed by atoms with Gasteiger partial charge in [-0.1, -0.05) is 96.1 Å². The third-order valence-corrected chi connectivity index (χ3v) is 8.20. The zero-order valence-corrected chi connectivity index (χ0v) is 21.3. The minimum absolute atomic E-state index is 0.265. The van der Waals surface area contributed by atoms with Gasteiger partial charge in [0.15, 0.2) is 0 Å². The van der Waals surface area contributed by atoms with E-state index in [1.165, 1.54) is 4.31 Å². The highest BCUT2D eigenvalue weighted by atomic mass is 32.2. The van der Waals surface area contributed by atoms with E-state index in [-0.39, 0.29) is 11.0 Å². The first-order chi connectivity index (χ1) is 17.4. The zero-order valence-electron chi connectivity index (χ0n) is 20.5. The van der Waals surface area contributed by atoms with Crippen LogP contribution in [0.1, 0.15) is 40.3 Å². The van der Waals surface area contributed by atoms with E-state index < -0.39 is 10.0 Å². The number of fused-ring (bicyclic) bond motifs is 1. The van der Waals surface area contributed by atoms with E-state index in [9.17, 15) is 8.42 Å². The molecule has 1 heterocycles. The lowest BCUT2D eigenvalue weighted by Crippen LogP contribution is -2.35. The molecule has 0 aromatic heterocycles. The standard InChI is InChI=1S/C31H29NO3S/c1-23-12-16-25(17-13-23)20-27-21-31(35-22-26-8-4-3-5-9-26)29-10-6-7-11-30(29)32(27)36(33,34)28-18-14-24(2)15-19-28/h3-20,31H,21-22H2,1-2H3/b27-20+. The maximum atomic E-state index is 14.0. The summed E-state index contributed by atoms with van der Waals surface area (Å²) in [5.74, 6) is 0. The smallest absolute Gasteiger partial charge is 0.268 e. The number of para-hydroxylation sites is 1. The SMILES string of the molecule is Cc1ccc(/C=C2\CC(OCc3ccccc3)c3ccccc3N2S(=O)(=O)c2ccc(C)cc2)cc1. The van der Waals surface area contributed by atoms with Crippen LogP contribution >= 0.6 is 0 Å². The predicted molar refractivity (Wildman–Crippen MR) is 145 cm³/mol. The Bertz CT molecular complexity index is 1480. The van der Waals surface area contributed by atoms with Gasteiger partial charge in [0.05, 0.1) is 23.3 Å². The molecule has 1 aliphatic rings. The topological polar surface area (TPSA) is 46.6 Å². The molecule has 0 aliphatic carbocycles. The molecule has 0 saturated heterocycles. The highest BCUT2D eigenvalue weighted by molar-refractivity contribution is 7.93. The molecule has 1 atom stereocenters. The Kier molecular flexibility index (Phi) is 6.77. The first-order valence-electron chi connectivity index (χ1n) is 12.1. The van der Waals surface area contributed by atoms with Gasteiger partial charge in [0, 0.05) is 17.7 Å². The van der Waals surface area contributed by atoms with E-state index in [4.69, 9.17) is 4.74 Å². The summed E-state index contributed by atoms with van der Waals surface area (Å²) < 4.78 is 36.0. The Labute approximate surface area is 213 Å². The molecule has 0 N–H and O–H groups in total. The molecular formula is C31H29NO3S. The van der Waals surface area contributed by atoms with Crippen LogP contribution in [0.4, 0.5) is 5.69 Å². The fraction of sp³-hybridized carbons (Fsp3) is 0.161. The monoisotopic (exact) mass is 495 g/mol. The molecule has 4 aromatic carbocycles. The molecule has 0 amide bonds. The summed E-state index contributed by atoms with van der Waals surface area (Å²) >= 11 is 0. The normalized spacial score (nSPS) is 16.7. The summed E-state index contributed by atoms with van der Waals surface area (Å²) in [5, 5.41) is 0. The Morgan fingerprint density at radius 2 is 1.42 bits per heavy atom. The van der Waals surface area contributed by atoms with Gasteiger partial charge in [-0.25, -0.2) is 12.7 Å². The third-order valence-electron chi connectivity index (χ3n) is 6.42.